The van der Waals surface area contributed by atoms with Crippen LogP contribution in [-0.4, -0.2) is 18.0 Å². The molecule has 0 aliphatic heterocycles. The zero-order valence-electron chi connectivity index (χ0n) is 6.71. The molecule has 0 spiro atoms. The van der Waals surface area contributed by atoms with Crippen LogP contribution in [0.4, 0.5) is 0 Å². The van der Waals surface area contributed by atoms with Crippen molar-refractivity contribution in [2.75, 3.05) is 6.61 Å². The Balaban J connectivity index is 3.36. The molecular weight excluding hydrogens is 128 g/mol. The second kappa shape index (κ2) is 5.42. The Morgan fingerprint density at radius 3 is 2.50 bits per heavy atom. The minimum atomic E-state index is 0.140. The maximum absolute atomic E-state index is 10.2. The summed E-state index contributed by atoms with van der Waals surface area (Å²) in [5.41, 5.74) is 0. The van der Waals surface area contributed by atoms with E-state index in [1.54, 1.807) is 0 Å². The molecule has 60 valence electrons. The molecule has 0 aromatic rings. The van der Waals surface area contributed by atoms with Gasteiger partial charge in [-0.1, -0.05) is 13.8 Å². The first-order valence-electron chi connectivity index (χ1n) is 3.76. The van der Waals surface area contributed by atoms with E-state index >= 15 is 0 Å². The van der Waals surface area contributed by atoms with Gasteiger partial charge in [-0.2, -0.15) is 0 Å². The van der Waals surface area contributed by atoms with E-state index in [1.807, 2.05) is 6.92 Å². The molecule has 0 aliphatic carbocycles. The highest BCUT2D eigenvalue weighted by atomic mass is 16.3. The van der Waals surface area contributed by atoms with E-state index in [4.69, 9.17) is 5.11 Å². The Morgan fingerprint density at radius 2 is 2.10 bits per heavy atom. The molecule has 2 nitrogen and oxygen atoms in total. The molecule has 2 heteroatoms. The summed E-state index contributed by atoms with van der Waals surface area (Å²) >= 11 is 0. The van der Waals surface area contributed by atoms with Crippen molar-refractivity contribution in [3.63, 3.8) is 0 Å². The van der Waals surface area contributed by atoms with Gasteiger partial charge in [-0.25, -0.2) is 0 Å². The van der Waals surface area contributed by atoms with Gasteiger partial charge in [-0.15, -0.1) is 0 Å². The number of aliphatic hydroxyl groups is 1. The van der Waals surface area contributed by atoms with Gasteiger partial charge in [0.1, 0.15) is 6.29 Å². The maximum Gasteiger partial charge on any atom is 0.122 e. The van der Waals surface area contributed by atoms with Crippen molar-refractivity contribution in [1.29, 1.82) is 0 Å². The Bertz CT molecular complexity index is 91.3. The topological polar surface area (TPSA) is 37.3 Å². The summed E-state index contributed by atoms with van der Waals surface area (Å²) in [6, 6.07) is 0. The lowest BCUT2D eigenvalue weighted by atomic mass is 9.96. The van der Waals surface area contributed by atoms with E-state index in [2.05, 4.69) is 6.92 Å². The lowest BCUT2D eigenvalue weighted by Crippen LogP contribution is -2.05. The van der Waals surface area contributed by atoms with Crippen LogP contribution >= 0.6 is 0 Å². The van der Waals surface area contributed by atoms with Gasteiger partial charge in [-0.3, -0.25) is 0 Å². The summed E-state index contributed by atoms with van der Waals surface area (Å²) in [7, 11) is 0. The van der Waals surface area contributed by atoms with Crippen molar-refractivity contribution in [3.05, 3.63) is 0 Å². The Hall–Kier alpha value is -0.370. The van der Waals surface area contributed by atoms with Crippen LogP contribution in [0.1, 0.15) is 26.7 Å². The average molecular weight is 144 g/mol. The number of aliphatic hydroxyl groups excluding tert-OH is 1. The molecule has 0 radical (unpaired) electrons. The van der Waals surface area contributed by atoms with E-state index in [0.29, 0.717) is 5.92 Å². The molecule has 0 amide bonds. The van der Waals surface area contributed by atoms with Gasteiger partial charge in [0.2, 0.25) is 0 Å². The molecule has 1 N–H and O–H groups in total. The van der Waals surface area contributed by atoms with Crippen molar-refractivity contribution < 1.29 is 9.90 Å². The summed E-state index contributed by atoms with van der Waals surface area (Å²) in [5, 5.41) is 8.53. The number of hydrogen-bond acceptors (Lipinski definition) is 2. The lowest BCUT2D eigenvalue weighted by Gasteiger charge is -2.10. The molecule has 10 heavy (non-hydrogen) atoms. The number of hydrogen-bond donors (Lipinski definition) is 1. The van der Waals surface area contributed by atoms with E-state index in [-0.39, 0.29) is 12.5 Å². The second-order valence-electron chi connectivity index (χ2n) is 2.97. The lowest BCUT2D eigenvalue weighted by molar-refractivity contribution is -0.111. The van der Waals surface area contributed by atoms with Crippen LogP contribution < -0.4 is 0 Å². The third-order valence-electron chi connectivity index (χ3n) is 1.63. The zero-order chi connectivity index (χ0) is 7.98. The normalized spacial score (nSPS) is 16.3. The molecule has 0 rings (SSSR count). The number of aldehydes is 1. The molecule has 0 bridgehead atoms. The van der Waals surface area contributed by atoms with Gasteiger partial charge in [0.25, 0.3) is 0 Å². The number of rotatable bonds is 5. The average Bonchev–Trinajstić information content (AvgIpc) is 1.88. The van der Waals surface area contributed by atoms with Crippen LogP contribution in [-0.2, 0) is 4.79 Å². The minimum absolute atomic E-state index is 0.140. The van der Waals surface area contributed by atoms with E-state index < -0.39 is 0 Å². The summed E-state index contributed by atoms with van der Waals surface area (Å²) in [6.45, 7) is 4.18. The molecule has 0 unspecified atom stereocenters. The smallest absolute Gasteiger partial charge is 0.122 e. The van der Waals surface area contributed by atoms with Crippen LogP contribution in [0.2, 0.25) is 0 Å². The summed E-state index contributed by atoms with van der Waals surface area (Å²) in [6.07, 6.45) is 2.66. The molecule has 2 atom stereocenters. The van der Waals surface area contributed by atoms with Crippen molar-refractivity contribution >= 4 is 6.29 Å². The quantitative estimate of drug-likeness (QED) is 0.589. The first-order chi connectivity index (χ1) is 4.70. The van der Waals surface area contributed by atoms with Crippen molar-refractivity contribution in [3.8, 4) is 0 Å². The van der Waals surface area contributed by atoms with Gasteiger partial charge in [0, 0.05) is 12.5 Å². The third-order valence-corrected chi connectivity index (χ3v) is 1.63. The Morgan fingerprint density at radius 1 is 1.50 bits per heavy atom. The Labute approximate surface area is 62.2 Å². The first kappa shape index (κ1) is 9.63. The van der Waals surface area contributed by atoms with Crippen molar-refractivity contribution in [1.82, 2.24) is 0 Å². The highest BCUT2D eigenvalue weighted by Crippen LogP contribution is 2.12. The van der Waals surface area contributed by atoms with Crippen molar-refractivity contribution in [2.24, 2.45) is 11.8 Å². The zero-order valence-corrected chi connectivity index (χ0v) is 6.71. The van der Waals surface area contributed by atoms with E-state index in [9.17, 15) is 4.79 Å². The largest absolute Gasteiger partial charge is 0.396 e. The molecule has 0 saturated carbocycles. The Kier molecular flexibility index (Phi) is 5.22. The fourth-order valence-electron chi connectivity index (χ4n) is 1.03. The molecule has 0 saturated heterocycles. The summed E-state index contributed by atoms with van der Waals surface area (Å²) in [4.78, 5) is 10.2. The van der Waals surface area contributed by atoms with Crippen LogP contribution in [0.15, 0.2) is 0 Å². The predicted octanol–water partition coefficient (Wildman–Crippen LogP) is 1.23. The monoisotopic (exact) mass is 144 g/mol. The van der Waals surface area contributed by atoms with Gasteiger partial charge in [-0.05, 0) is 18.8 Å². The maximum atomic E-state index is 10.2. The molecule has 0 aromatic heterocycles. The van der Waals surface area contributed by atoms with Gasteiger partial charge < -0.3 is 9.90 Å². The standard InChI is InChI=1S/C8H16O2/c1-7(3-4-9)5-8(2)6-10/h6-9H,3-5H2,1-2H3/t7-,8-/m1/s1. The molecule has 0 heterocycles. The fraction of sp³-hybridized carbons (Fsp3) is 0.875. The van der Waals surface area contributed by atoms with Gasteiger partial charge in [0.15, 0.2) is 0 Å². The fourth-order valence-corrected chi connectivity index (χ4v) is 1.03. The number of carbonyl (C=O) groups excluding carboxylic acids is 1. The minimum Gasteiger partial charge on any atom is -0.396 e. The van der Waals surface area contributed by atoms with Gasteiger partial charge in [0.05, 0.1) is 0 Å². The third kappa shape index (κ3) is 4.50. The molecule has 0 aliphatic rings. The van der Waals surface area contributed by atoms with E-state index in [1.165, 1.54) is 0 Å². The number of carbonyl (C=O) groups is 1. The van der Waals surface area contributed by atoms with Gasteiger partial charge >= 0.3 is 0 Å². The summed E-state index contributed by atoms with van der Waals surface area (Å²) < 4.78 is 0. The second-order valence-corrected chi connectivity index (χ2v) is 2.97. The predicted molar refractivity (Wildman–Crippen MR) is 40.7 cm³/mol. The highest BCUT2D eigenvalue weighted by Gasteiger charge is 2.06. The van der Waals surface area contributed by atoms with Crippen molar-refractivity contribution in [2.45, 2.75) is 26.7 Å². The van der Waals surface area contributed by atoms with Crippen LogP contribution in [0.3, 0.4) is 0 Å². The van der Waals surface area contributed by atoms with Crippen LogP contribution in [0, 0.1) is 11.8 Å². The van der Waals surface area contributed by atoms with E-state index in [0.717, 1.165) is 19.1 Å². The molecule has 0 aromatic carbocycles. The first-order valence-corrected chi connectivity index (χ1v) is 3.76. The highest BCUT2D eigenvalue weighted by molar-refractivity contribution is 5.52. The van der Waals surface area contributed by atoms with Crippen LogP contribution in [0.25, 0.3) is 0 Å². The SMILES string of the molecule is C[C@H](CCO)C[C@@H](C)C=O. The molecule has 0 fully saturated rings. The van der Waals surface area contributed by atoms with Crippen LogP contribution in [0.5, 0.6) is 0 Å². The summed E-state index contributed by atoms with van der Waals surface area (Å²) in [5.74, 6) is 0.603. The molecular formula is C8H16O2.